The van der Waals surface area contributed by atoms with Gasteiger partial charge >= 0.3 is 0 Å². The van der Waals surface area contributed by atoms with Gasteiger partial charge in [0.15, 0.2) is 0 Å². The summed E-state index contributed by atoms with van der Waals surface area (Å²) in [6.07, 6.45) is 0. The maximum Gasteiger partial charge on any atom is 0.264 e. The van der Waals surface area contributed by atoms with E-state index in [0.717, 1.165) is 0 Å². The second-order valence-electron chi connectivity index (χ2n) is 3.90. The quantitative estimate of drug-likeness (QED) is 0.475. The van der Waals surface area contributed by atoms with Gasteiger partial charge in [-0.15, -0.1) is 0 Å². The summed E-state index contributed by atoms with van der Waals surface area (Å²) in [6.45, 7) is 0. The zero-order valence-electron chi connectivity index (χ0n) is 10.6. The molecule has 10 nitrogen and oxygen atoms in total. The van der Waals surface area contributed by atoms with E-state index >= 15 is 0 Å². The minimum atomic E-state index is -4.30. The molecule has 0 spiro atoms. The first-order chi connectivity index (χ1) is 10.3. The van der Waals surface area contributed by atoms with Gasteiger partial charge in [0.25, 0.3) is 20.0 Å². The van der Waals surface area contributed by atoms with Crippen molar-refractivity contribution in [2.45, 2.75) is 9.79 Å². The molecule has 2 rings (SSSR count). The molecule has 0 heterocycles. The van der Waals surface area contributed by atoms with Crippen LogP contribution in [-0.2, 0) is 20.0 Å². The molecule has 0 aliphatic heterocycles. The van der Waals surface area contributed by atoms with Gasteiger partial charge in [-0.25, -0.2) is 16.8 Å². The van der Waals surface area contributed by atoms with Crippen LogP contribution in [0.25, 0.3) is 31.7 Å². The van der Waals surface area contributed by atoms with Crippen LogP contribution in [0.15, 0.2) is 55.2 Å². The molecule has 0 aliphatic rings. The van der Waals surface area contributed by atoms with Gasteiger partial charge in [0.05, 0.1) is 9.79 Å². The molecule has 0 aliphatic carbocycles. The molecule has 0 amide bonds. The van der Waals surface area contributed by atoms with Crippen LogP contribution >= 0.6 is 0 Å². The molecule has 2 aromatic carbocycles. The van der Waals surface area contributed by atoms with E-state index in [9.17, 15) is 16.8 Å². The van der Waals surface area contributed by atoms with Gasteiger partial charge in [-0.3, -0.25) is 0 Å². The first kappa shape index (κ1) is 15.6. The molecule has 0 aromatic heterocycles. The third-order valence-electron chi connectivity index (χ3n) is 2.69. The van der Waals surface area contributed by atoms with Gasteiger partial charge in [0.1, 0.15) is 0 Å². The lowest BCUT2D eigenvalue weighted by molar-refractivity contribution is 0.596. The highest BCUT2D eigenvalue weighted by atomic mass is 32.2. The monoisotopic (exact) mass is 338 g/mol. The molecule has 0 fully saturated rings. The fourth-order valence-corrected chi connectivity index (χ4v) is 3.67. The van der Waals surface area contributed by atoms with Gasteiger partial charge in [0.2, 0.25) is 0 Å². The van der Waals surface area contributed by atoms with Gasteiger partial charge in [-0.05, 0) is 23.2 Å². The molecule has 0 saturated heterocycles. The summed E-state index contributed by atoms with van der Waals surface area (Å²) in [6, 6.07) is 7.63. The largest absolute Gasteiger partial charge is 0.264 e. The third-order valence-corrected chi connectivity index (χ3v) is 5.09. The zero-order chi connectivity index (χ0) is 16.4. The Bertz CT molecular complexity index is 977. The van der Waals surface area contributed by atoms with Crippen molar-refractivity contribution < 1.29 is 16.8 Å². The summed E-state index contributed by atoms with van der Waals surface area (Å²) in [4.78, 5) is 3.79. The molecule has 112 valence electrons. The summed E-state index contributed by atoms with van der Waals surface area (Å²) in [5, 5.41) is 0.0632. The highest BCUT2D eigenvalue weighted by Crippen LogP contribution is 2.30. The Balaban J connectivity index is 2.95. The van der Waals surface area contributed by atoms with E-state index in [2.05, 4.69) is 18.9 Å². The number of azide groups is 2. The number of hydrogen-bond donors (Lipinski definition) is 0. The van der Waals surface area contributed by atoms with Crippen molar-refractivity contribution in [1.29, 1.82) is 0 Å². The Kier molecular flexibility index (Phi) is 3.93. The van der Waals surface area contributed by atoms with Crippen molar-refractivity contribution in [3.8, 4) is 0 Å². The fourth-order valence-electron chi connectivity index (χ4n) is 1.89. The molecular weight excluding hydrogens is 332 g/mol. The van der Waals surface area contributed by atoms with Crippen molar-refractivity contribution in [2.24, 2.45) is 9.04 Å². The molecule has 0 unspecified atom stereocenters. The van der Waals surface area contributed by atoms with Crippen molar-refractivity contribution >= 4 is 30.8 Å². The summed E-state index contributed by atoms with van der Waals surface area (Å²) in [7, 11) is -8.60. The lowest BCUT2D eigenvalue weighted by Gasteiger charge is -2.07. The van der Waals surface area contributed by atoms with Crippen LogP contribution in [0.5, 0.6) is 0 Å². The van der Waals surface area contributed by atoms with Gasteiger partial charge in [-0.1, -0.05) is 24.3 Å². The lowest BCUT2D eigenvalue weighted by Crippen LogP contribution is -2.00. The molecular formula is C10H6N6O4S2. The average Bonchev–Trinajstić information content (AvgIpc) is 2.45. The Morgan fingerprint density at radius 2 is 1.09 bits per heavy atom. The van der Waals surface area contributed by atoms with Crippen molar-refractivity contribution in [3.05, 3.63) is 57.3 Å². The molecule has 0 radical (unpaired) electrons. The Labute approximate surface area is 124 Å². The minimum absolute atomic E-state index is 0.0316. The lowest BCUT2D eigenvalue weighted by atomic mass is 10.1. The normalized spacial score (nSPS) is 11.5. The second kappa shape index (κ2) is 5.54. The Morgan fingerprint density at radius 1 is 0.727 bits per heavy atom. The van der Waals surface area contributed by atoms with Crippen LogP contribution in [0.4, 0.5) is 0 Å². The Morgan fingerprint density at radius 3 is 1.41 bits per heavy atom. The number of benzene rings is 2. The van der Waals surface area contributed by atoms with E-state index in [1.807, 2.05) is 0 Å². The van der Waals surface area contributed by atoms with Crippen LogP contribution in [0.1, 0.15) is 0 Å². The van der Waals surface area contributed by atoms with Crippen LogP contribution in [0.3, 0.4) is 0 Å². The zero-order valence-corrected chi connectivity index (χ0v) is 12.2. The number of fused-ring (bicyclic) bond motifs is 1. The maximum absolute atomic E-state index is 11.9. The van der Waals surface area contributed by atoms with E-state index in [4.69, 9.17) is 11.1 Å². The van der Waals surface area contributed by atoms with E-state index < -0.39 is 20.0 Å². The number of nitrogens with zero attached hydrogens (tertiary/aromatic N) is 6. The molecule has 2 aromatic rings. The van der Waals surface area contributed by atoms with Crippen molar-refractivity contribution in [1.82, 2.24) is 0 Å². The first-order valence-corrected chi connectivity index (χ1v) is 8.36. The van der Waals surface area contributed by atoms with Crippen LogP contribution in [0.2, 0.25) is 0 Å². The number of sulfonamides is 2. The summed E-state index contributed by atoms with van der Waals surface area (Å²) < 4.78 is 53.0. The first-order valence-electron chi connectivity index (χ1n) is 5.48. The fraction of sp³-hybridized carbons (Fsp3) is 0. The molecule has 0 atom stereocenters. The third kappa shape index (κ3) is 2.67. The Hall–Kier alpha value is -2.78. The summed E-state index contributed by atoms with van der Waals surface area (Å²) in [5.74, 6) is 0. The molecule has 0 N–H and O–H groups in total. The second-order valence-corrected chi connectivity index (χ2v) is 7.01. The van der Waals surface area contributed by atoms with E-state index in [0.29, 0.717) is 0 Å². The molecule has 0 bridgehead atoms. The van der Waals surface area contributed by atoms with E-state index in [1.54, 1.807) is 0 Å². The van der Waals surface area contributed by atoms with Crippen LogP contribution < -0.4 is 0 Å². The molecule has 12 heteroatoms. The van der Waals surface area contributed by atoms with Crippen LogP contribution in [-0.4, -0.2) is 16.8 Å². The molecule has 22 heavy (non-hydrogen) atoms. The topological polar surface area (TPSA) is 166 Å². The van der Waals surface area contributed by atoms with Crippen LogP contribution in [0, 0.1) is 0 Å². The summed E-state index contributed by atoms with van der Waals surface area (Å²) >= 11 is 0. The SMILES string of the molecule is [N-]=[N+]=NS(=O)(=O)c1cccc2c(S(=O)(=O)N=[N+]=[N-])cccc12. The maximum atomic E-state index is 11.9. The summed E-state index contributed by atoms with van der Waals surface area (Å²) in [5.41, 5.74) is 16.6. The highest BCUT2D eigenvalue weighted by molar-refractivity contribution is 7.90. The van der Waals surface area contributed by atoms with Gasteiger partial charge in [-0.2, -0.15) is 0 Å². The van der Waals surface area contributed by atoms with Gasteiger partial charge < -0.3 is 0 Å². The average molecular weight is 338 g/mol. The minimum Gasteiger partial charge on any atom is -0.216 e. The predicted molar refractivity (Wildman–Crippen MR) is 76.6 cm³/mol. The van der Waals surface area contributed by atoms with Gasteiger partial charge in [0, 0.05) is 29.6 Å². The smallest absolute Gasteiger partial charge is 0.216 e. The number of rotatable bonds is 4. The predicted octanol–water partition coefficient (Wildman–Crippen LogP) is 2.84. The standard InChI is InChI=1S/C10H6N6O4S2/c11-13-15-21(17,18)9-5-1-3-7-8(9)4-2-6-10(7)22(19,20)16-14-12/h1-6H. The van der Waals surface area contributed by atoms with Crippen molar-refractivity contribution in [3.63, 3.8) is 0 Å². The molecule has 0 saturated carbocycles. The van der Waals surface area contributed by atoms with Crippen molar-refractivity contribution in [2.75, 3.05) is 0 Å². The van der Waals surface area contributed by atoms with E-state index in [1.165, 1.54) is 36.4 Å². The highest BCUT2D eigenvalue weighted by Gasteiger charge is 2.20. The van der Waals surface area contributed by atoms with E-state index in [-0.39, 0.29) is 20.6 Å². The number of hydrogen-bond acceptors (Lipinski definition) is 4.